The van der Waals surface area contributed by atoms with Crippen molar-refractivity contribution in [3.8, 4) is 0 Å². The fourth-order valence-corrected chi connectivity index (χ4v) is 3.46. The van der Waals surface area contributed by atoms with Gasteiger partial charge in [0.25, 0.3) is 15.9 Å². The molecule has 0 bridgehead atoms. The van der Waals surface area contributed by atoms with Gasteiger partial charge >= 0.3 is 0 Å². The van der Waals surface area contributed by atoms with E-state index in [0.29, 0.717) is 11.4 Å². The van der Waals surface area contributed by atoms with Crippen LogP contribution in [0.5, 0.6) is 0 Å². The molecule has 128 valence electrons. The monoisotopic (exact) mass is 375 g/mol. The predicted molar refractivity (Wildman–Crippen MR) is 94.1 cm³/mol. The lowest BCUT2D eigenvalue weighted by molar-refractivity contribution is 0.102. The summed E-state index contributed by atoms with van der Waals surface area (Å²) in [6.45, 7) is 1.81. The van der Waals surface area contributed by atoms with Gasteiger partial charge in [-0.15, -0.1) is 11.3 Å². The number of benzene rings is 1. The van der Waals surface area contributed by atoms with Crippen LogP contribution in [0, 0.1) is 6.92 Å². The van der Waals surface area contributed by atoms with Crippen molar-refractivity contribution in [3.63, 3.8) is 0 Å². The Morgan fingerprint density at radius 2 is 1.80 bits per heavy atom. The van der Waals surface area contributed by atoms with E-state index in [1.807, 2.05) is 6.92 Å². The highest BCUT2D eigenvalue weighted by atomic mass is 32.2. The van der Waals surface area contributed by atoms with E-state index in [9.17, 15) is 13.2 Å². The Hall–Kier alpha value is -2.85. The zero-order valence-electron chi connectivity index (χ0n) is 13.0. The number of hydrogen-bond donors (Lipinski definition) is 2. The first-order chi connectivity index (χ1) is 11.9. The second-order valence-corrected chi connectivity index (χ2v) is 7.65. The first-order valence-corrected chi connectivity index (χ1v) is 9.44. The minimum atomic E-state index is -3.81. The molecule has 0 spiro atoms. The fraction of sp³-hybridized carbons (Fsp3) is 0.0667. The molecule has 0 aliphatic heterocycles. The minimum absolute atomic E-state index is 0.0150. The molecular weight excluding hydrogens is 362 g/mol. The molecule has 2 aromatic heterocycles. The minimum Gasteiger partial charge on any atom is -0.321 e. The van der Waals surface area contributed by atoms with Crippen molar-refractivity contribution in [1.82, 2.24) is 15.0 Å². The molecule has 1 aromatic carbocycles. The predicted octanol–water partition coefficient (Wildman–Crippen LogP) is 2.29. The highest BCUT2D eigenvalue weighted by Crippen LogP contribution is 2.17. The lowest BCUT2D eigenvalue weighted by Crippen LogP contribution is -2.15. The quantitative estimate of drug-likeness (QED) is 0.707. The number of anilines is 2. The van der Waals surface area contributed by atoms with Crippen LogP contribution in [-0.2, 0) is 10.0 Å². The standard InChI is InChI=1S/C15H13N5O3S2/c1-10-18-13(9-24-10)14(21)19-11-3-5-12(6-4-11)25(22,23)20-15-16-7-2-8-17-15/h2-9H,1H3,(H,19,21)(H,16,17,20). The van der Waals surface area contributed by atoms with Crippen LogP contribution in [0.2, 0.25) is 0 Å². The Bertz CT molecular complexity index is 986. The lowest BCUT2D eigenvalue weighted by atomic mass is 10.3. The van der Waals surface area contributed by atoms with Crippen molar-refractivity contribution in [1.29, 1.82) is 0 Å². The Balaban J connectivity index is 1.72. The summed E-state index contributed by atoms with van der Waals surface area (Å²) in [5, 5.41) is 5.12. The number of thiazole rings is 1. The van der Waals surface area contributed by atoms with Gasteiger partial charge in [0, 0.05) is 23.5 Å². The van der Waals surface area contributed by atoms with E-state index in [0.717, 1.165) is 5.01 Å². The molecule has 2 N–H and O–H groups in total. The van der Waals surface area contributed by atoms with Gasteiger partial charge in [-0.2, -0.15) is 0 Å². The van der Waals surface area contributed by atoms with Crippen molar-refractivity contribution < 1.29 is 13.2 Å². The number of aromatic nitrogens is 3. The third kappa shape index (κ3) is 4.17. The first-order valence-electron chi connectivity index (χ1n) is 7.07. The van der Waals surface area contributed by atoms with Gasteiger partial charge in [0.1, 0.15) is 5.69 Å². The Labute approximate surface area is 148 Å². The lowest BCUT2D eigenvalue weighted by Gasteiger charge is -2.08. The maximum absolute atomic E-state index is 12.3. The van der Waals surface area contributed by atoms with E-state index in [-0.39, 0.29) is 16.8 Å². The van der Waals surface area contributed by atoms with Gasteiger partial charge in [0.2, 0.25) is 5.95 Å². The van der Waals surface area contributed by atoms with E-state index >= 15 is 0 Å². The normalized spacial score (nSPS) is 11.1. The van der Waals surface area contributed by atoms with E-state index in [1.54, 1.807) is 11.4 Å². The molecule has 0 aliphatic rings. The Morgan fingerprint density at radius 3 is 2.40 bits per heavy atom. The number of aryl methyl sites for hydroxylation is 1. The van der Waals surface area contributed by atoms with Gasteiger partial charge in [-0.25, -0.2) is 28.1 Å². The second-order valence-electron chi connectivity index (χ2n) is 4.91. The molecule has 0 radical (unpaired) electrons. The molecule has 1 amide bonds. The molecule has 3 rings (SSSR count). The smallest absolute Gasteiger partial charge is 0.275 e. The highest BCUT2D eigenvalue weighted by Gasteiger charge is 2.16. The number of carbonyl (C=O) groups excluding carboxylic acids is 1. The average Bonchev–Trinajstić information content (AvgIpc) is 3.02. The summed E-state index contributed by atoms with van der Waals surface area (Å²) in [5.74, 6) is -0.366. The van der Waals surface area contributed by atoms with Crippen molar-refractivity contribution in [2.45, 2.75) is 11.8 Å². The van der Waals surface area contributed by atoms with Crippen LogP contribution in [-0.4, -0.2) is 29.3 Å². The van der Waals surface area contributed by atoms with Crippen molar-refractivity contribution in [2.24, 2.45) is 0 Å². The first kappa shape index (κ1) is 17.0. The molecule has 3 aromatic rings. The van der Waals surface area contributed by atoms with Gasteiger partial charge in [-0.1, -0.05) is 0 Å². The van der Waals surface area contributed by atoms with E-state index in [4.69, 9.17) is 0 Å². The number of amides is 1. The van der Waals surface area contributed by atoms with Crippen LogP contribution in [0.3, 0.4) is 0 Å². The third-order valence-electron chi connectivity index (χ3n) is 3.07. The molecule has 8 nitrogen and oxygen atoms in total. The molecule has 2 heterocycles. The number of nitrogens with one attached hydrogen (secondary N) is 2. The van der Waals surface area contributed by atoms with E-state index < -0.39 is 10.0 Å². The van der Waals surface area contributed by atoms with Crippen LogP contribution in [0.4, 0.5) is 11.6 Å². The molecular formula is C15H13N5O3S2. The maximum Gasteiger partial charge on any atom is 0.275 e. The van der Waals surface area contributed by atoms with Gasteiger partial charge < -0.3 is 5.32 Å². The SMILES string of the molecule is Cc1nc(C(=O)Nc2ccc(S(=O)(=O)Nc3ncccn3)cc2)cs1. The van der Waals surface area contributed by atoms with Crippen LogP contribution < -0.4 is 10.0 Å². The van der Waals surface area contributed by atoms with Crippen LogP contribution in [0.1, 0.15) is 15.5 Å². The second kappa shape index (κ2) is 6.95. The maximum atomic E-state index is 12.3. The molecule has 0 aliphatic carbocycles. The molecule has 0 fully saturated rings. The number of carbonyl (C=O) groups is 1. The topological polar surface area (TPSA) is 114 Å². The number of nitrogens with zero attached hydrogens (tertiary/aromatic N) is 3. The molecule has 25 heavy (non-hydrogen) atoms. The summed E-state index contributed by atoms with van der Waals surface area (Å²) < 4.78 is 26.8. The zero-order valence-corrected chi connectivity index (χ0v) is 14.6. The fourth-order valence-electron chi connectivity index (χ4n) is 1.91. The van der Waals surface area contributed by atoms with Crippen molar-refractivity contribution in [3.05, 3.63) is 58.8 Å². The molecule has 0 atom stereocenters. The molecule has 0 saturated carbocycles. The summed E-state index contributed by atoms with van der Waals surface area (Å²) in [6.07, 6.45) is 2.87. The van der Waals surface area contributed by atoms with Gasteiger partial charge in [-0.3, -0.25) is 4.79 Å². The average molecular weight is 375 g/mol. The van der Waals surface area contributed by atoms with Crippen LogP contribution in [0.25, 0.3) is 0 Å². The Kier molecular flexibility index (Phi) is 4.72. The van der Waals surface area contributed by atoms with Crippen molar-refractivity contribution >= 4 is 38.9 Å². The largest absolute Gasteiger partial charge is 0.321 e. The van der Waals surface area contributed by atoms with Gasteiger partial charge in [0.15, 0.2) is 0 Å². The van der Waals surface area contributed by atoms with E-state index in [1.165, 1.54) is 48.0 Å². The van der Waals surface area contributed by atoms with E-state index in [2.05, 4.69) is 25.0 Å². The van der Waals surface area contributed by atoms with Gasteiger partial charge in [0.05, 0.1) is 9.90 Å². The zero-order chi connectivity index (χ0) is 17.9. The number of hydrogen-bond acceptors (Lipinski definition) is 7. The molecule has 0 unspecified atom stereocenters. The van der Waals surface area contributed by atoms with Crippen LogP contribution >= 0.6 is 11.3 Å². The molecule has 0 saturated heterocycles. The third-order valence-corrected chi connectivity index (χ3v) is 5.18. The van der Waals surface area contributed by atoms with Crippen molar-refractivity contribution in [2.75, 3.05) is 10.0 Å². The van der Waals surface area contributed by atoms with Gasteiger partial charge in [-0.05, 0) is 37.3 Å². The van der Waals surface area contributed by atoms with Crippen LogP contribution in [0.15, 0.2) is 53.0 Å². The summed E-state index contributed by atoms with van der Waals surface area (Å²) in [5.41, 5.74) is 0.785. The number of sulfonamides is 1. The summed E-state index contributed by atoms with van der Waals surface area (Å²) in [7, 11) is -3.81. The summed E-state index contributed by atoms with van der Waals surface area (Å²) >= 11 is 1.38. The molecule has 10 heteroatoms. The highest BCUT2D eigenvalue weighted by molar-refractivity contribution is 7.92. The summed E-state index contributed by atoms with van der Waals surface area (Å²) in [4.78, 5) is 23.8. The Morgan fingerprint density at radius 1 is 1.12 bits per heavy atom. The summed E-state index contributed by atoms with van der Waals surface area (Å²) in [6, 6.07) is 7.34. The number of rotatable bonds is 5.